The lowest BCUT2D eigenvalue weighted by molar-refractivity contribution is 1.79. The van der Waals surface area contributed by atoms with Crippen molar-refractivity contribution in [2.75, 3.05) is 0 Å². The number of allylic oxidation sites excluding steroid dienone is 1. The van der Waals surface area contributed by atoms with Crippen molar-refractivity contribution in [3.05, 3.63) is 11.9 Å². The highest BCUT2D eigenvalue weighted by Gasteiger charge is 1.36. The van der Waals surface area contributed by atoms with Crippen molar-refractivity contribution in [2.24, 2.45) is 0 Å². The summed E-state index contributed by atoms with van der Waals surface area (Å²) in [5, 5.41) is 0. The van der Waals surface area contributed by atoms with Gasteiger partial charge in [0.05, 0.1) is 0 Å². The van der Waals surface area contributed by atoms with Crippen molar-refractivity contribution < 1.29 is 0 Å². The molecule has 0 saturated carbocycles. The average Bonchev–Trinajstić information content (AvgIpc) is 1.37. The SMILES string of the molecule is C/C=C\[P]. The number of rotatable bonds is 0. The molecule has 22 valence electrons. The van der Waals surface area contributed by atoms with Gasteiger partial charge in [-0.3, -0.25) is 0 Å². The molecule has 0 unspecified atom stereocenters. The molecule has 0 bridgehead atoms. The van der Waals surface area contributed by atoms with Crippen LogP contribution in [-0.2, 0) is 0 Å². The lowest BCUT2D eigenvalue weighted by atomic mass is 10.8. The first-order valence-corrected chi connectivity index (χ1v) is 1.69. The summed E-state index contributed by atoms with van der Waals surface area (Å²) in [6, 6.07) is 0. The van der Waals surface area contributed by atoms with E-state index >= 15 is 0 Å². The van der Waals surface area contributed by atoms with E-state index in [1.165, 1.54) is 0 Å². The fourth-order valence-electron chi connectivity index (χ4n) is 0. The van der Waals surface area contributed by atoms with Crippen LogP contribution in [0.4, 0.5) is 0 Å². The molecular weight excluding hydrogens is 67.0 g/mol. The fraction of sp³-hybridized carbons (Fsp3) is 0.333. The highest BCUT2D eigenvalue weighted by Crippen LogP contribution is 1.77. The maximum absolute atomic E-state index is 3.74. The van der Waals surface area contributed by atoms with Crippen LogP contribution in [0.1, 0.15) is 6.92 Å². The molecule has 0 aliphatic rings. The summed E-state index contributed by atoms with van der Waals surface area (Å²) in [4.78, 5) is 0. The summed E-state index contributed by atoms with van der Waals surface area (Å²) in [5.74, 6) is 1.69. The van der Waals surface area contributed by atoms with Gasteiger partial charge in [-0.2, -0.15) is 0 Å². The van der Waals surface area contributed by atoms with Crippen LogP contribution >= 0.6 is 9.24 Å². The van der Waals surface area contributed by atoms with E-state index in [4.69, 9.17) is 0 Å². The molecule has 4 heavy (non-hydrogen) atoms. The minimum absolute atomic E-state index is 1.69. The van der Waals surface area contributed by atoms with Crippen molar-refractivity contribution in [3.63, 3.8) is 0 Å². The lowest BCUT2D eigenvalue weighted by Gasteiger charge is -1.47. The third-order valence-corrected chi connectivity index (χ3v) is 0.447. The van der Waals surface area contributed by atoms with Crippen LogP contribution in [0.3, 0.4) is 0 Å². The van der Waals surface area contributed by atoms with E-state index < -0.39 is 0 Å². The third kappa shape index (κ3) is 2.17. The molecule has 0 heterocycles. The molecule has 0 nitrogen and oxygen atoms in total. The van der Waals surface area contributed by atoms with Crippen molar-refractivity contribution in [3.8, 4) is 0 Å². The Kier molecular flexibility index (Phi) is 3.30. The molecule has 2 radical (unpaired) electrons. The zero-order chi connectivity index (χ0) is 3.41. The summed E-state index contributed by atoms with van der Waals surface area (Å²) in [7, 11) is 3.74. The van der Waals surface area contributed by atoms with E-state index in [1.807, 2.05) is 13.0 Å². The van der Waals surface area contributed by atoms with Crippen LogP contribution in [0.2, 0.25) is 0 Å². The lowest BCUT2D eigenvalue weighted by Crippen LogP contribution is -1.18. The van der Waals surface area contributed by atoms with Gasteiger partial charge in [-0.05, 0) is 16.2 Å². The normalized spacial score (nSPS) is 9.50. The predicted molar refractivity (Wildman–Crippen MR) is 21.7 cm³/mol. The standard InChI is InChI=1S/C3H5P/c1-2-3-4/h2-3H,1H3/b3-2-. The second-order valence-electron chi connectivity index (χ2n) is 0.482. The first-order chi connectivity index (χ1) is 1.91. The molecule has 0 spiro atoms. The predicted octanol–water partition coefficient (Wildman–Crippen LogP) is 1.93. The summed E-state index contributed by atoms with van der Waals surface area (Å²) in [6.45, 7) is 1.92. The quantitative estimate of drug-likeness (QED) is 0.383. The maximum atomic E-state index is 3.74. The molecule has 0 aromatic rings. The highest BCUT2D eigenvalue weighted by molar-refractivity contribution is 7.20. The molecule has 0 aromatic carbocycles. The first-order valence-electron chi connectivity index (χ1n) is 1.17. The van der Waals surface area contributed by atoms with Crippen LogP contribution in [0.25, 0.3) is 0 Å². The van der Waals surface area contributed by atoms with Crippen molar-refractivity contribution >= 4 is 9.24 Å². The Bertz CT molecular complexity index is 18.5. The molecule has 0 aromatic heterocycles. The van der Waals surface area contributed by atoms with E-state index in [9.17, 15) is 0 Å². The molecule has 0 aliphatic carbocycles. The number of hydrogen-bond acceptors (Lipinski definition) is 0. The summed E-state index contributed by atoms with van der Waals surface area (Å²) in [6.07, 6.45) is 1.86. The van der Waals surface area contributed by atoms with Crippen LogP contribution in [-0.4, -0.2) is 0 Å². The molecule has 0 N–H and O–H groups in total. The molecule has 0 amide bonds. The molecule has 1 heteroatoms. The fourth-order valence-corrected chi connectivity index (χ4v) is 0. The van der Waals surface area contributed by atoms with E-state index in [0.717, 1.165) is 0 Å². The zero-order valence-corrected chi connectivity index (χ0v) is 3.50. The molecule has 0 saturated heterocycles. The van der Waals surface area contributed by atoms with Crippen molar-refractivity contribution in [1.29, 1.82) is 0 Å². The molecule has 0 rings (SSSR count). The van der Waals surface area contributed by atoms with Crippen LogP contribution in [0.15, 0.2) is 11.9 Å². The Morgan fingerprint density at radius 1 is 1.75 bits per heavy atom. The van der Waals surface area contributed by atoms with E-state index in [1.54, 1.807) is 5.82 Å². The minimum Gasteiger partial charge on any atom is -0.0865 e. The Balaban J connectivity index is 2.55. The van der Waals surface area contributed by atoms with Gasteiger partial charge in [0.2, 0.25) is 0 Å². The Labute approximate surface area is 29.1 Å². The van der Waals surface area contributed by atoms with Gasteiger partial charge in [-0.15, -0.1) is 0 Å². The molecule has 0 fully saturated rings. The van der Waals surface area contributed by atoms with E-state index in [0.29, 0.717) is 0 Å². The van der Waals surface area contributed by atoms with Crippen molar-refractivity contribution in [2.45, 2.75) is 6.92 Å². The highest BCUT2D eigenvalue weighted by atomic mass is 31.0. The van der Waals surface area contributed by atoms with Crippen LogP contribution in [0, 0.1) is 0 Å². The van der Waals surface area contributed by atoms with Gasteiger partial charge in [0, 0.05) is 0 Å². The zero-order valence-electron chi connectivity index (χ0n) is 2.60. The topological polar surface area (TPSA) is 0 Å². The van der Waals surface area contributed by atoms with Gasteiger partial charge in [-0.1, -0.05) is 11.9 Å². The average molecular weight is 72.0 g/mol. The van der Waals surface area contributed by atoms with Gasteiger partial charge in [-0.25, -0.2) is 0 Å². The Morgan fingerprint density at radius 2 is 2.00 bits per heavy atom. The van der Waals surface area contributed by atoms with Gasteiger partial charge in [0.25, 0.3) is 0 Å². The maximum Gasteiger partial charge on any atom is -0.0146 e. The summed E-state index contributed by atoms with van der Waals surface area (Å²) >= 11 is 0. The van der Waals surface area contributed by atoms with Crippen LogP contribution < -0.4 is 0 Å². The summed E-state index contributed by atoms with van der Waals surface area (Å²) in [5.41, 5.74) is 0. The second kappa shape index (κ2) is 3.17. The largest absolute Gasteiger partial charge is 0.0865 e. The first kappa shape index (κ1) is 4.17. The van der Waals surface area contributed by atoms with Gasteiger partial charge in [0.15, 0.2) is 0 Å². The van der Waals surface area contributed by atoms with Gasteiger partial charge >= 0.3 is 0 Å². The van der Waals surface area contributed by atoms with Gasteiger partial charge in [0.1, 0.15) is 0 Å². The monoisotopic (exact) mass is 72.0 g/mol. The Morgan fingerprint density at radius 3 is 2.00 bits per heavy atom. The van der Waals surface area contributed by atoms with Crippen molar-refractivity contribution in [1.82, 2.24) is 0 Å². The van der Waals surface area contributed by atoms with Gasteiger partial charge < -0.3 is 0 Å². The Hall–Kier alpha value is 0.170. The van der Waals surface area contributed by atoms with E-state index in [2.05, 4.69) is 9.24 Å². The molecule has 0 aliphatic heterocycles. The molecular formula is C3H5P. The smallest absolute Gasteiger partial charge is 0.0146 e. The van der Waals surface area contributed by atoms with Crippen LogP contribution in [0.5, 0.6) is 0 Å². The number of hydrogen-bond donors (Lipinski definition) is 0. The second-order valence-corrected chi connectivity index (χ2v) is 0.781. The summed E-state index contributed by atoms with van der Waals surface area (Å²) < 4.78 is 0. The molecule has 0 atom stereocenters. The van der Waals surface area contributed by atoms with E-state index in [-0.39, 0.29) is 0 Å². The minimum atomic E-state index is 1.69. The third-order valence-electron chi connectivity index (χ3n) is 0.149.